The lowest BCUT2D eigenvalue weighted by atomic mass is 10.0. The molecule has 1 atom stereocenters. The second-order valence-corrected chi connectivity index (χ2v) is 7.63. The number of morpholine rings is 1. The summed E-state index contributed by atoms with van der Waals surface area (Å²) in [6.07, 6.45) is 2.23. The van der Waals surface area contributed by atoms with E-state index in [1.54, 1.807) is 0 Å². The summed E-state index contributed by atoms with van der Waals surface area (Å²) in [5, 5.41) is 7.88. The van der Waals surface area contributed by atoms with E-state index in [2.05, 4.69) is 53.0 Å². The van der Waals surface area contributed by atoms with Crippen LogP contribution < -0.4 is 5.32 Å². The predicted octanol–water partition coefficient (Wildman–Crippen LogP) is 2.20. The number of rotatable bonds is 6. The molecule has 0 bridgehead atoms. The number of carbonyl (C=O) groups excluding carboxylic acids is 1. The first-order valence-electron chi connectivity index (χ1n) is 9.81. The van der Waals surface area contributed by atoms with E-state index in [1.807, 2.05) is 6.07 Å². The molecule has 2 aromatic rings. The normalized spacial score (nSPS) is 20.6. The second kappa shape index (κ2) is 7.82. The van der Waals surface area contributed by atoms with Gasteiger partial charge in [0.15, 0.2) is 0 Å². The highest BCUT2D eigenvalue weighted by atomic mass is 16.5. The minimum Gasteiger partial charge on any atom is -0.378 e. The van der Waals surface area contributed by atoms with Crippen molar-refractivity contribution in [2.24, 2.45) is 0 Å². The van der Waals surface area contributed by atoms with E-state index in [4.69, 9.17) is 9.84 Å². The lowest BCUT2D eigenvalue weighted by molar-refractivity contribution is -0.124. The fourth-order valence-corrected chi connectivity index (χ4v) is 3.88. The number of nitrogens with zero attached hydrogens (tertiary/aromatic N) is 3. The lowest BCUT2D eigenvalue weighted by Crippen LogP contribution is -2.45. The van der Waals surface area contributed by atoms with Gasteiger partial charge in [0, 0.05) is 23.8 Å². The van der Waals surface area contributed by atoms with Crippen molar-refractivity contribution in [3.63, 3.8) is 0 Å². The van der Waals surface area contributed by atoms with E-state index in [0.29, 0.717) is 25.8 Å². The number of ether oxygens (including phenoxy) is 1. The van der Waals surface area contributed by atoms with Crippen molar-refractivity contribution in [3.05, 3.63) is 52.8 Å². The van der Waals surface area contributed by atoms with E-state index < -0.39 is 0 Å². The Bertz CT molecular complexity index is 798. The third-order valence-electron chi connectivity index (χ3n) is 5.47. The van der Waals surface area contributed by atoms with Crippen molar-refractivity contribution in [1.29, 1.82) is 0 Å². The largest absolute Gasteiger partial charge is 0.378 e. The highest BCUT2D eigenvalue weighted by molar-refractivity contribution is 5.78. The van der Waals surface area contributed by atoms with Gasteiger partial charge < -0.3 is 10.1 Å². The van der Waals surface area contributed by atoms with Crippen LogP contribution >= 0.6 is 0 Å². The van der Waals surface area contributed by atoms with Crippen LogP contribution in [0.1, 0.15) is 41.4 Å². The average Bonchev–Trinajstić information content (AvgIpc) is 3.42. The summed E-state index contributed by atoms with van der Waals surface area (Å²) in [7, 11) is 0. The number of hydrogen-bond donors (Lipinski definition) is 1. The zero-order valence-electron chi connectivity index (χ0n) is 16.1. The number of amides is 1. The molecule has 1 aromatic heterocycles. The van der Waals surface area contributed by atoms with Crippen molar-refractivity contribution >= 4 is 5.91 Å². The maximum absolute atomic E-state index is 12.3. The molecule has 2 heterocycles. The Morgan fingerprint density at radius 2 is 2.04 bits per heavy atom. The lowest BCUT2D eigenvalue weighted by Gasteiger charge is -2.35. The van der Waals surface area contributed by atoms with Gasteiger partial charge in [0.1, 0.15) is 0 Å². The first kappa shape index (κ1) is 18.2. The van der Waals surface area contributed by atoms with Gasteiger partial charge in [-0.05, 0) is 32.3 Å². The molecule has 0 radical (unpaired) electrons. The smallest absolute Gasteiger partial charge is 0.234 e. The van der Waals surface area contributed by atoms with Gasteiger partial charge in [0.05, 0.1) is 38.0 Å². The first-order valence-corrected chi connectivity index (χ1v) is 9.81. The fraction of sp³-hybridized carbons (Fsp3) is 0.524. The molecule has 0 unspecified atom stereocenters. The molecule has 1 saturated heterocycles. The van der Waals surface area contributed by atoms with Gasteiger partial charge in [-0.25, -0.2) is 0 Å². The highest BCUT2D eigenvalue weighted by Crippen LogP contribution is 2.30. The van der Waals surface area contributed by atoms with Gasteiger partial charge in [-0.3, -0.25) is 14.4 Å². The molecule has 1 saturated carbocycles. The molecule has 1 aromatic carbocycles. The van der Waals surface area contributed by atoms with E-state index in [0.717, 1.165) is 37.3 Å². The number of nitrogens with one attached hydrogen (secondary N) is 1. The van der Waals surface area contributed by atoms with Gasteiger partial charge in [-0.2, -0.15) is 5.10 Å². The van der Waals surface area contributed by atoms with E-state index in [-0.39, 0.29) is 11.9 Å². The summed E-state index contributed by atoms with van der Waals surface area (Å²) in [6, 6.07) is 10.8. The third-order valence-corrected chi connectivity index (χ3v) is 5.47. The summed E-state index contributed by atoms with van der Waals surface area (Å²) in [4.78, 5) is 14.6. The van der Waals surface area contributed by atoms with Crippen molar-refractivity contribution < 1.29 is 9.53 Å². The second-order valence-electron chi connectivity index (χ2n) is 7.63. The van der Waals surface area contributed by atoms with Gasteiger partial charge in [0.25, 0.3) is 0 Å². The van der Waals surface area contributed by atoms with Crippen molar-refractivity contribution in [3.8, 4) is 0 Å². The molecule has 2 fully saturated rings. The quantitative estimate of drug-likeness (QED) is 0.849. The maximum atomic E-state index is 12.3. The Balaban J connectivity index is 1.53. The number of carbonyl (C=O) groups is 1. The molecule has 27 heavy (non-hydrogen) atoms. The molecule has 0 spiro atoms. The van der Waals surface area contributed by atoms with Crippen LogP contribution in [0.25, 0.3) is 0 Å². The van der Waals surface area contributed by atoms with Crippen molar-refractivity contribution in [1.82, 2.24) is 20.0 Å². The van der Waals surface area contributed by atoms with Crippen LogP contribution in [0.5, 0.6) is 0 Å². The van der Waals surface area contributed by atoms with Gasteiger partial charge in [0.2, 0.25) is 5.91 Å². The average molecular weight is 368 g/mol. The zero-order valence-corrected chi connectivity index (χ0v) is 16.1. The zero-order chi connectivity index (χ0) is 18.8. The summed E-state index contributed by atoms with van der Waals surface area (Å²) >= 11 is 0. The van der Waals surface area contributed by atoms with Crippen molar-refractivity contribution in [2.45, 2.75) is 45.3 Å². The van der Waals surface area contributed by atoms with Crippen LogP contribution in [0.15, 0.2) is 30.3 Å². The van der Waals surface area contributed by atoms with Crippen LogP contribution in [0.4, 0.5) is 0 Å². The molecule has 1 aliphatic carbocycles. The molecular formula is C21H28N4O2. The standard InChI is InChI=1S/C21H28N4O2/c1-15-21(16(2)25(23-15)12-17-6-4-3-5-7-17)19-14-27-11-10-24(19)13-20(26)22-18-8-9-18/h3-7,18-19H,8-14H2,1-2H3,(H,22,26)/t19-/m1/s1. The predicted molar refractivity (Wildman–Crippen MR) is 104 cm³/mol. The van der Waals surface area contributed by atoms with Crippen LogP contribution in [-0.2, 0) is 16.1 Å². The van der Waals surface area contributed by atoms with Crippen LogP contribution in [-0.4, -0.2) is 52.9 Å². The summed E-state index contributed by atoms with van der Waals surface area (Å²) in [5.74, 6) is 0.122. The third kappa shape index (κ3) is 4.22. The Kier molecular flexibility index (Phi) is 5.27. The Morgan fingerprint density at radius 1 is 1.26 bits per heavy atom. The molecule has 1 amide bonds. The molecule has 1 aliphatic heterocycles. The topological polar surface area (TPSA) is 59.4 Å². The number of aryl methyl sites for hydroxylation is 1. The molecule has 6 nitrogen and oxygen atoms in total. The van der Waals surface area contributed by atoms with Gasteiger partial charge in [-0.1, -0.05) is 30.3 Å². The van der Waals surface area contributed by atoms with E-state index >= 15 is 0 Å². The Hall–Kier alpha value is -2.18. The van der Waals surface area contributed by atoms with Crippen LogP contribution in [0.3, 0.4) is 0 Å². The van der Waals surface area contributed by atoms with Crippen LogP contribution in [0, 0.1) is 13.8 Å². The Morgan fingerprint density at radius 3 is 2.78 bits per heavy atom. The van der Waals surface area contributed by atoms with Crippen LogP contribution in [0.2, 0.25) is 0 Å². The minimum absolute atomic E-state index is 0.0771. The number of hydrogen-bond acceptors (Lipinski definition) is 4. The molecule has 144 valence electrons. The van der Waals surface area contributed by atoms with E-state index in [1.165, 1.54) is 11.1 Å². The fourth-order valence-electron chi connectivity index (χ4n) is 3.88. The highest BCUT2D eigenvalue weighted by Gasteiger charge is 2.32. The maximum Gasteiger partial charge on any atom is 0.234 e. The SMILES string of the molecule is Cc1nn(Cc2ccccc2)c(C)c1[C@H]1COCCN1CC(=O)NC1CC1. The molecule has 4 rings (SSSR count). The molecule has 6 heteroatoms. The summed E-state index contributed by atoms with van der Waals surface area (Å²) in [5.41, 5.74) is 4.60. The van der Waals surface area contributed by atoms with Gasteiger partial charge >= 0.3 is 0 Å². The minimum atomic E-state index is 0.0771. The first-order chi connectivity index (χ1) is 13.1. The number of benzene rings is 1. The van der Waals surface area contributed by atoms with E-state index in [9.17, 15) is 4.79 Å². The monoisotopic (exact) mass is 368 g/mol. The number of aromatic nitrogens is 2. The Labute approximate surface area is 160 Å². The van der Waals surface area contributed by atoms with Gasteiger partial charge in [-0.15, -0.1) is 0 Å². The molecule has 1 N–H and O–H groups in total. The molecular weight excluding hydrogens is 340 g/mol. The molecule has 2 aliphatic rings. The van der Waals surface area contributed by atoms with Crippen molar-refractivity contribution in [2.75, 3.05) is 26.3 Å². The summed E-state index contributed by atoms with van der Waals surface area (Å²) in [6.45, 7) is 7.40. The summed E-state index contributed by atoms with van der Waals surface area (Å²) < 4.78 is 7.84.